The van der Waals surface area contributed by atoms with E-state index in [0.29, 0.717) is 24.4 Å². The zero-order valence-electron chi connectivity index (χ0n) is 16.3. The topological polar surface area (TPSA) is 101 Å². The van der Waals surface area contributed by atoms with Gasteiger partial charge in [-0.2, -0.15) is 15.1 Å². The summed E-state index contributed by atoms with van der Waals surface area (Å²) in [5.41, 5.74) is 2.09. The molecule has 28 heavy (non-hydrogen) atoms. The van der Waals surface area contributed by atoms with Crippen molar-refractivity contribution >= 4 is 22.7 Å². The first-order valence-electron chi connectivity index (χ1n) is 10.1. The van der Waals surface area contributed by atoms with Crippen LogP contribution in [0.5, 0.6) is 5.88 Å². The maximum absolute atomic E-state index is 10.8. The number of hydrogen-bond donors (Lipinski definition) is 3. The van der Waals surface area contributed by atoms with Gasteiger partial charge in [-0.15, -0.1) is 0 Å². The molecule has 0 spiro atoms. The summed E-state index contributed by atoms with van der Waals surface area (Å²) in [5, 5.41) is 19.7. The van der Waals surface area contributed by atoms with Gasteiger partial charge in [-0.05, 0) is 52.0 Å². The van der Waals surface area contributed by atoms with Crippen LogP contribution >= 0.6 is 0 Å². The van der Waals surface area contributed by atoms with Gasteiger partial charge >= 0.3 is 0 Å². The molecule has 2 saturated carbocycles. The third kappa shape index (κ3) is 2.92. The summed E-state index contributed by atoms with van der Waals surface area (Å²) in [6.07, 6.45) is 8.76. The molecule has 2 aliphatic rings. The number of nitrogens with zero attached hydrogens (tertiary/aromatic N) is 4. The molecule has 2 fully saturated rings. The molecule has 0 saturated heterocycles. The van der Waals surface area contributed by atoms with Crippen molar-refractivity contribution in [3.05, 3.63) is 24.2 Å². The van der Waals surface area contributed by atoms with Crippen LogP contribution in [-0.4, -0.2) is 42.0 Å². The SMILES string of the molecule is CCOc1nc(Nc2cnn([C@@H]3CCCC3(C)O)c2C2CC2)nc2[nH]ccc12. The number of aromatic amines is 1. The second kappa shape index (κ2) is 6.48. The molecule has 0 aromatic carbocycles. The molecule has 2 atom stereocenters. The molecule has 148 valence electrons. The number of anilines is 2. The number of ether oxygens (including phenoxy) is 1. The molecule has 2 aliphatic carbocycles. The Morgan fingerprint density at radius 1 is 1.36 bits per heavy atom. The summed E-state index contributed by atoms with van der Waals surface area (Å²) < 4.78 is 7.74. The van der Waals surface area contributed by atoms with E-state index in [1.54, 1.807) is 0 Å². The third-order valence-corrected chi connectivity index (χ3v) is 5.88. The molecule has 5 rings (SSSR count). The van der Waals surface area contributed by atoms with Gasteiger partial charge in [-0.3, -0.25) is 4.68 Å². The summed E-state index contributed by atoms with van der Waals surface area (Å²) in [6, 6.07) is 1.93. The van der Waals surface area contributed by atoms with Crippen LogP contribution in [-0.2, 0) is 0 Å². The van der Waals surface area contributed by atoms with E-state index in [4.69, 9.17) is 4.74 Å². The van der Waals surface area contributed by atoms with Gasteiger partial charge in [0.05, 0.1) is 41.2 Å². The largest absolute Gasteiger partial charge is 0.477 e. The first kappa shape index (κ1) is 17.5. The predicted molar refractivity (Wildman–Crippen MR) is 106 cm³/mol. The minimum atomic E-state index is -0.714. The van der Waals surface area contributed by atoms with Crippen molar-refractivity contribution < 1.29 is 9.84 Å². The highest BCUT2D eigenvalue weighted by molar-refractivity contribution is 5.82. The second-order valence-corrected chi connectivity index (χ2v) is 8.08. The van der Waals surface area contributed by atoms with Gasteiger partial charge in [0.2, 0.25) is 11.8 Å². The summed E-state index contributed by atoms with van der Waals surface area (Å²) in [7, 11) is 0. The number of H-pyrrole nitrogens is 1. The van der Waals surface area contributed by atoms with Gasteiger partial charge < -0.3 is 20.1 Å². The highest BCUT2D eigenvalue weighted by Gasteiger charge is 2.42. The van der Waals surface area contributed by atoms with E-state index < -0.39 is 5.60 Å². The number of nitrogens with one attached hydrogen (secondary N) is 2. The first-order valence-corrected chi connectivity index (χ1v) is 10.1. The van der Waals surface area contributed by atoms with E-state index in [1.807, 2.05) is 37.0 Å². The van der Waals surface area contributed by atoms with Crippen molar-refractivity contribution in [2.45, 2.75) is 63.5 Å². The lowest BCUT2D eigenvalue weighted by Crippen LogP contribution is -2.32. The van der Waals surface area contributed by atoms with Gasteiger partial charge in [0.25, 0.3) is 0 Å². The Bertz CT molecular complexity index is 1000. The fraction of sp³-hybridized carbons (Fsp3) is 0.550. The van der Waals surface area contributed by atoms with E-state index >= 15 is 0 Å². The molecule has 0 amide bonds. The van der Waals surface area contributed by atoms with E-state index in [1.165, 1.54) is 0 Å². The number of hydrogen-bond acceptors (Lipinski definition) is 6. The molecule has 3 aromatic rings. The average molecular weight is 382 g/mol. The fourth-order valence-corrected chi connectivity index (χ4v) is 4.33. The summed E-state index contributed by atoms with van der Waals surface area (Å²) in [5.74, 6) is 1.52. The van der Waals surface area contributed by atoms with Gasteiger partial charge in [0.15, 0.2) is 0 Å². The molecule has 0 radical (unpaired) electrons. The number of fused-ring (bicyclic) bond motifs is 1. The lowest BCUT2D eigenvalue weighted by Gasteiger charge is -2.27. The van der Waals surface area contributed by atoms with Crippen molar-refractivity contribution in [2.75, 3.05) is 11.9 Å². The second-order valence-electron chi connectivity index (χ2n) is 8.08. The lowest BCUT2D eigenvalue weighted by molar-refractivity contribution is 0.0211. The highest BCUT2D eigenvalue weighted by atomic mass is 16.5. The normalized spacial score (nSPS) is 24.8. The summed E-state index contributed by atoms with van der Waals surface area (Å²) >= 11 is 0. The number of aromatic nitrogens is 5. The maximum atomic E-state index is 10.8. The van der Waals surface area contributed by atoms with Crippen LogP contribution in [0.2, 0.25) is 0 Å². The van der Waals surface area contributed by atoms with Gasteiger partial charge in [0, 0.05) is 12.1 Å². The van der Waals surface area contributed by atoms with Crippen molar-refractivity contribution in [2.24, 2.45) is 0 Å². The van der Waals surface area contributed by atoms with Crippen LogP contribution in [0.1, 0.15) is 63.6 Å². The van der Waals surface area contributed by atoms with Crippen LogP contribution in [0.25, 0.3) is 11.0 Å². The molecule has 8 nitrogen and oxygen atoms in total. The number of aliphatic hydroxyl groups is 1. The Labute approximate surface area is 163 Å². The van der Waals surface area contributed by atoms with Crippen LogP contribution < -0.4 is 10.1 Å². The zero-order valence-corrected chi connectivity index (χ0v) is 16.3. The minimum absolute atomic E-state index is 0.0180. The molecule has 0 bridgehead atoms. The molecule has 3 N–H and O–H groups in total. The van der Waals surface area contributed by atoms with E-state index in [-0.39, 0.29) is 6.04 Å². The van der Waals surface area contributed by atoms with Crippen LogP contribution in [0.4, 0.5) is 11.6 Å². The molecule has 8 heteroatoms. The van der Waals surface area contributed by atoms with Crippen LogP contribution in [0.15, 0.2) is 18.5 Å². The first-order chi connectivity index (χ1) is 13.6. The van der Waals surface area contributed by atoms with Crippen molar-refractivity contribution in [1.82, 2.24) is 24.7 Å². The molecule has 1 unspecified atom stereocenters. The zero-order chi connectivity index (χ0) is 19.3. The Hall–Kier alpha value is -2.61. The highest BCUT2D eigenvalue weighted by Crippen LogP contribution is 2.48. The Kier molecular flexibility index (Phi) is 4.04. The summed E-state index contributed by atoms with van der Waals surface area (Å²) in [6.45, 7) is 4.40. The standard InChI is InChI=1S/C20H26N6O2/c1-3-28-18-13-8-10-21-17(13)24-19(25-18)23-14-11-22-26(16(14)12-6-7-12)15-5-4-9-20(15,2)27/h8,10-12,15,27H,3-7,9H2,1-2H3,(H2,21,23,24,25)/t15-,20?/m1/s1. The van der Waals surface area contributed by atoms with E-state index in [0.717, 1.165) is 54.5 Å². The summed E-state index contributed by atoms with van der Waals surface area (Å²) in [4.78, 5) is 12.3. The van der Waals surface area contributed by atoms with Crippen molar-refractivity contribution in [3.63, 3.8) is 0 Å². The smallest absolute Gasteiger partial charge is 0.232 e. The van der Waals surface area contributed by atoms with Crippen LogP contribution in [0, 0.1) is 0 Å². The van der Waals surface area contributed by atoms with E-state index in [2.05, 4.69) is 25.4 Å². The fourth-order valence-electron chi connectivity index (χ4n) is 4.33. The lowest BCUT2D eigenvalue weighted by atomic mass is 10.0. The Morgan fingerprint density at radius 3 is 2.93 bits per heavy atom. The molecule has 3 aromatic heterocycles. The molecule has 0 aliphatic heterocycles. The van der Waals surface area contributed by atoms with Gasteiger partial charge in [-0.25, -0.2) is 0 Å². The van der Waals surface area contributed by atoms with Gasteiger partial charge in [0.1, 0.15) is 5.65 Å². The third-order valence-electron chi connectivity index (χ3n) is 5.88. The average Bonchev–Trinajstić information content (AvgIpc) is 3.07. The van der Waals surface area contributed by atoms with E-state index in [9.17, 15) is 5.11 Å². The molecular weight excluding hydrogens is 356 g/mol. The monoisotopic (exact) mass is 382 g/mol. The minimum Gasteiger partial charge on any atom is -0.477 e. The quantitative estimate of drug-likeness (QED) is 0.602. The Balaban J connectivity index is 1.52. The van der Waals surface area contributed by atoms with Crippen molar-refractivity contribution in [3.8, 4) is 5.88 Å². The number of rotatable bonds is 6. The maximum Gasteiger partial charge on any atom is 0.232 e. The Morgan fingerprint density at radius 2 is 2.21 bits per heavy atom. The van der Waals surface area contributed by atoms with Crippen LogP contribution in [0.3, 0.4) is 0 Å². The molecule has 3 heterocycles. The van der Waals surface area contributed by atoms with Gasteiger partial charge in [-0.1, -0.05) is 0 Å². The van der Waals surface area contributed by atoms with Crippen molar-refractivity contribution in [1.29, 1.82) is 0 Å². The predicted octanol–water partition coefficient (Wildman–Crippen LogP) is 3.65. The molecular formula is C20H26N6O2.